The summed E-state index contributed by atoms with van der Waals surface area (Å²) in [5, 5.41) is 6.64. The van der Waals surface area contributed by atoms with Crippen molar-refractivity contribution in [1.29, 1.82) is 0 Å². The molecule has 0 saturated carbocycles. The molecule has 0 fully saturated rings. The Labute approximate surface area is 137 Å². The van der Waals surface area contributed by atoms with Crippen LogP contribution >= 0.6 is 0 Å². The van der Waals surface area contributed by atoms with Crippen LogP contribution in [-0.2, 0) is 20.6 Å². The molecule has 1 aromatic carbocycles. The van der Waals surface area contributed by atoms with Crippen molar-refractivity contribution in [2.24, 2.45) is 0 Å². The zero-order chi connectivity index (χ0) is 17.1. The van der Waals surface area contributed by atoms with Gasteiger partial charge in [-0.3, -0.25) is 14.3 Å². The van der Waals surface area contributed by atoms with E-state index in [0.29, 0.717) is 11.4 Å². The van der Waals surface area contributed by atoms with E-state index in [2.05, 4.69) is 15.1 Å². The summed E-state index contributed by atoms with van der Waals surface area (Å²) < 4.78 is 33.0. The summed E-state index contributed by atoms with van der Waals surface area (Å²) in [4.78, 5) is 22.9. The van der Waals surface area contributed by atoms with E-state index in [4.69, 9.17) is 4.74 Å². The highest BCUT2D eigenvalue weighted by molar-refractivity contribution is 7.93. The molecule has 2 N–H and O–H groups in total. The first-order chi connectivity index (χ1) is 11.5. The average Bonchev–Trinajstić information content (AvgIpc) is 3.12. The Morgan fingerprint density at radius 3 is 2.79 bits per heavy atom. The maximum absolute atomic E-state index is 12.8. The van der Waals surface area contributed by atoms with Crippen LogP contribution in [-0.4, -0.2) is 32.4 Å². The van der Waals surface area contributed by atoms with Gasteiger partial charge in [0, 0.05) is 6.08 Å². The Morgan fingerprint density at radius 2 is 2.12 bits per heavy atom. The average molecular weight is 350 g/mol. The van der Waals surface area contributed by atoms with Crippen molar-refractivity contribution in [3.8, 4) is 5.75 Å². The molecule has 2 heterocycles. The van der Waals surface area contributed by atoms with Gasteiger partial charge < -0.3 is 10.1 Å². The van der Waals surface area contributed by atoms with Crippen LogP contribution in [0.25, 0.3) is 5.03 Å². The molecule has 3 rings (SSSR count). The lowest BCUT2D eigenvalue weighted by Crippen LogP contribution is -2.20. The number of benzene rings is 1. The Morgan fingerprint density at radius 1 is 1.38 bits per heavy atom. The number of nitrogens with one attached hydrogen (secondary N) is 2. The molecule has 2 aromatic rings. The van der Waals surface area contributed by atoms with Crippen molar-refractivity contribution >= 4 is 33.5 Å². The van der Waals surface area contributed by atoms with Gasteiger partial charge in [0.25, 0.3) is 11.8 Å². The second-order valence-corrected chi connectivity index (χ2v) is 5.84. The van der Waals surface area contributed by atoms with Gasteiger partial charge in [-0.05, 0) is 24.3 Å². The van der Waals surface area contributed by atoms with Crippen LogP contribution in [0.2, 0.25) is 0 Å². The number of ether oxygens (including phenoxy) is 1. The predicted molar refractivity (Wildman–Crippen MR) is 83.3 cm³/mol. The molecule has 1 atom stereocenters. The molecule has 0 bridgehead atoms. The molecule has 0 aliphatic carbocycles. The summed E-state index contributed by atoms with van der Waals surface area (Å²) >= 11 is 0. The maximum atomic E-state index is 12.8. The van der Waals surface area contributed by atoms with Crippen molar-refractivity contribution in [2.75, 3.05) is 11.9 Å². The third kappa shape index (κ3) is 3.66. The SMILES string of the molecule is O=C1C=C(n2cc(NC(=O)COc3ccc(F)cc3)cn2)S(=O)N1. The zero-order valence-corrected chi connectivity index (χ0v) is 12.9. The van der Waals surface area contributed by atoms with Crippen LogP contribution in [0, 0.1) is 5.82 Å². The number of hydrogen-bond acceptors (Lipinski definition) is 5. The third-order valence-corrected chi connectivity index (χ3v) is 3.98. The Balaban J connectivity index is 1.57. The van der Waals surface area contributed by atoms with Gasteiger partial charge >= 0.3 is 0 Å². The Kier molecular flexibility index (Phi) is 4.38. The number of amides is 2. The van der Waals surface area contributed by atoms with Crippen molar-refractivity contribution in [1.82, 2.24) is 14.5 Å². The number of carbonyl (C=O) groups excluding carboxylic acids is 2. The van der Waals surface area contributed by atoms with E-state index < -0.39 is 28.6 Å². The summed E-state index contributed by atoms with van der Waals surface area (Å²) in [7, 11) is -1.68. The fraction of sp³-hybridized carbons (Fsp3) is 0.0714. The van der Waals surface area contributed by atoms with Crippen molar-refractivity contribution < 1.29 is 22.9 Å². The van der Waals surface area contributed by atoms with Crippen LogP contribution in [0.4, 0.5) is 10.1 Å². The molecule has 0 saturated heterocycles. The topological polar surface area (TPSA) is 102 Å². The second kappa shape index (κ2) is 6.62. The lowest BCUT2D eigenvalue weighted by atomic mass is 10.3. The number of hydrogen-bond donors (Lipinski definition) is 2. The van der Waals surface area contributed by atoms with Crippen molar-refractivity contribution in [3.63, 3.8) is 0 Å². The fourth-order valence-corrected chi connectivity index (χ4v) is 2.70. The molecule has 1 aliphatic heterocycles. The molecule has 2 amide bonds. The van der Waals surface area contributed by atoms with E-state index in [1.54, 1.807) is 0 Å². The first-order valence-corrected chi connectivity index (χ1v) is 7.83. The first-order valence-electron chi connectivity index (χ1n) is 6.68. The minimum atomic E-state index is -1.68. The Bertz CT molecular complexity index is 847. The molecule has 1 aromatic heterocycles. The van der Waals surface area contributed by atoms with E-state index in [0.717, 1.165) is 6.08 Å². The van der Waals surface area contributed by atoms with Gasteiger partial charge in [-0.15, -0.1) is 0 Å². The van der Waals surface area contributed by atoms with Gasteiger partial charge in [-0.1, -0.05) is 0 Å². The number of nitrogens with zero attached hydrogens (tertiary/aromatic N) is 2. The monoisotopic (exact) mass is 350 g/mol. The van der Waals surface area contributed by atoms with Gasteiger partial charge in [0.2, 0.25) is 0 Å². The van der Waals surface area contributed by atoms with E-state index in [9.17, 15) is 18.2 Å². The van der Waals surface area contributed by atoms with Crippen LogP contribution in [0.1, 0.15) is 0 Å². The highest BCUT2D eigenvalue weighted by Crippen LogP contribution is 2.16. The van der Waals surface area contributed by atoms with E-state index in [1.165, 1.54) is 41.3 Å². The van der Waals surface area contributed by atoms with Crippen LogP contribution in [0.15, 0.2) is 42.7 Å². The van der Waals surface area contributed by atoms with Crippen molar-refractivity contribution in [2.45, 2.75) is 0 Å². The highest BCUT2D eigenvalue weighted by atomic mass is 32.2. The Hall–Kier alpha value is -3.01. The molecule has 124 valence electrons. The standard InChI is InChI=1S/C14H11FN4O4S/c15-9-1-3-11(4-2-9)23-8-13(21)17-10-6-16-19(7-10)14-5-12(20)18-24(14)22/h1-7H,8H2,(H,17,21)(H,18,20). The van der Waals surface area contributed by atoms with Gasteiger partial charge in [0.15, 0.2) is 22.6 Å². The van der Waals surface area contributed by atoms with E-state index in [1.807, 2.05) is 0 Å². The highest BCUT2D eigenvalue weighted by Gasteiger charge is 2.22. The van der Waals surface area contributed by atoms with Gasteiger partial charge in [-0.2, -0.15) is 5.10 Å². The molecular weight excluding hydrogens is 339 g/mol. The molecular formula is C14H11FN4O4S. The van der Waals surface area contributed by atoms with Crippen molar-refractivity contribution in [3.05, 3.63) is 48.6 Å². The maximum Gasteiger partial charge on any atom is 0.262 e. The summed E-state index contributed by atoms with van der Waals surface area (Å²) in [5.41, 5.74) is 0.347. The first kappa shape index (κ1) is 15.9. The summed E-state index contributed by atoms with van der Waals surface area (Å²) in [6.07, 6.45) is 3.92. The lowest BCUT2D eigenvalue weighted by molar-refractivity contribution is -0.118. The normalized spacial score (nSPS) is 16.5. The van der Waals surface area contributed by atoms with Crippen LogP contribution < -0.4 is 14.8 Å². The van der Waals surface area contributed by atoms with Crippen LogP contribution in [0.3, 0.4) is 0 Å². The number of rotatable bonds is 5. The van der Waals surface area contributed by atoms with E-state index >= 15 is 0 Å². The van der Waals surface area contributed by atoms with Gasteiger partial charge in [0.05, 0.1) is 18.1 Å². The molecule has 0 radical (unpaired) electrons. The largest absolute Gasteiger partial charge is 0.484 e. The number of aromatic nitrogens is 2. The molecule has 1 unspecified atom stereocenters. The second-order valence-electron chi connectivity index (χ2n) is 4.68. The summed E-state index contributed by atoms with van der Waals surface area (Å²) in [6.45, 7) is -0.272. The fourth-order valence-electron chi connectivity index (χ4n) is 1.87. The summed E-state index contributed by atoms with van der Waals surface area (Å²) in [5.74, 6) is -0.962. The molecule has 0 spiro atoms. The minimum Gasteiger partial charge on any atom is -0.484 e. The number of anilines is 1. The lowest BCUT2D eigenvalue weighted by Gasteiger charge is -2.05. The molecule has 10 heteroatoms. The molecule has 1 aliphatic rings. The molecule has 8 nitrogen and oxygen atoms in total. The number of halogens is 1. The van der Waals surface area contributed by atoms with E-state index in [-0.39, 0.29) is 11.6 Å². The van der Waals surface area contributed by atoms with Crippen LogP contribution in [0.5, 0.6) is 5.75 Å². The predicted octanol–water partition coefficient (Wildman–Crippen LogP) is 0.632. The quantitative estimate of drug-likeness (QED) is 0.823. The smallest absolute Gasteiger partial charge is 0.262 e. The summed E-state index contributed by atoms with van der Waals surface area (Å²) in [6, 6.07) is 5.27. The minimum absolute atomic E-state index is 0.170. The third-order valence-electron chi connectivity index (χ3n) is 2.91. The van der Waals surface area contributed by atoms with Gasteiger partial charge in [0.1, 0.15) is 11.6 Å². The number of carbonyl (C=O) groups is 2. The van der Waals surface area contributed by atoms with Gasteiger partial charge in [-0.25, -0.2) is 13.3 Å². The molecule has 24 heavy (non-hydrogen) atoms. The zero-order valence-electron chi connectivity index (χ0n) is 12.1.